The Morgan fingerprint density at radius 2 is 1.93 bits per heavy atom. The SMILES string of the molecule is CC(C(=O)O)C(C)C(=O)N(C)CCC#N. The highest BCUT2D eigenvalue weighted by Gasteiger charge is 2.27. The van der Waals surface area contributed by atoms with E-state index >= 15 is 0 Å². The van der Waals surface area contributed by atoms with Crippen molar-refractivity contribution in [2.24, 2.45) is 11.8 Å². The monoisotopic (exact) mass is 212 g/mol. The van der Waals surface area contributed by atoms with Crippen LogP contribution in [0.4, 0.5) is 0 Å². The van der Waals surface area contributed by atoms with Gasteiger partial charge in [0.05, 0.1) is 18.4 Å². The number of carboxylic acids is 1. The Bertz CT molecular complexity index is 283. The second kappa shape index (κ2) is 6.02. The van der Waals surface area contributed by atoms with Crippen molar-refractivity contribution < 1.29 is 14.7 Å². The molecule has 0 heterocycles. The molecule has 0 aromatic heterocycles. The predicted octanol–water partition coefficient (Wildman–Crippen LogP) is 0.715. The summed E-state index contributed by atoms with van der Waals surface area (Å²) in [7, 11) is 1.57. The zero-order valence-corrected chi connectivity index (χ0v) is 9.23. The molecule has 2 unspecified atom stereocenters. The van der Waals surface area contributed by atoms with Crippen molar-refractivity contribution in [3.05, 3.63) is 0 Å². The minimum absolute atomic E-state index is 0.236. The van der Waals surface area contributed by atoms with Gasteiger partial charge < -0.3 is 10.0 Å². The van der Waals surface area contributed by atoms with Crippen molar-refractivity contribution in [3.8, 4) is 6.07 Å². The third-order valence-corrected chi connectivity index (χ3v) is 2.46. The van der Waals surface area contributed by atoms with Crippen molar-refractivity contribution >= 4 is 11.9 Å². The molecule has 84 valence electrons. The van der Waals surface area contributed by atoms with Crippen molar-refractivity contribution in [1.29, 1.82) is 5.26 Å². The summed E-state index contributed by atoms with van der Waals surface area (Å²) in [6.07, 6.45) is 0.260. The summed E-state index contributed by atoms with van der Waals surface area (Å²) in [5.41, 5.74) is 0. The Hall–Kier alpha value is -1.57. The van der Waals surface area contributed by atoms with Crippen LogP contribution in [-0.4, -0.2) is 35.5 Å². The van der Waals surface area contributed by atoms with Crippen LogP contribution in [0, 0.1) is 23.2 Å². The number of nitrogens with zero attached hydrogens (tertiary/aromatic N) is 2. The Morgan fingerprint density at radius 1 is 1.40 bits per heavy atom. The number of carbonyl (C=O) groups is 2. The first-order chi connectivity index (χ1) is 6.91. The number of carboxylic acid groups (broad SMARTS) is 1. The fraction of sp³-hybridized carbons (Fsp3) is 0.700. The van der Waals surface area contributed by atoms with Crippen LogP contribution in [0.1, 0.15) is 20.3 Å². The van der Waals surface area contributed by atoms with Gasteiger partial charge in [-0.05, 0) is 0 Å². The first-order valence-electron chi connectivity index (χ1n) is 4.76. The Kier molecular flexibility index (Phi) is 5.39. The van der Waals surface area contributed by atoms with E-state index in [4.69, 9.17) is 10.4 Å². The van der Waals surface area contributed by atoms with Crippen LogP contribution >= 0.6 is 0 Å². The van der Waals surface area contributed by atoms with Gasteiger partial charge >= 0.3 is 5.97 Å². The van der Waals surface area contributed by atoms with Crippen molar-refractivity contribution in [1.82, 2.24) is 4.90 Å². The topological polar surface area (TPSA) is 81.4 Å². The average molecular weight is 212 g/mol. The molecule has 0 rings (SSSR count). The standard InChI is InChI=1S/C10H16N2O3/c1-7(8(2)10(14)15)9(13)12(3)6-4-5-11/h7-8H,4,6H2,1-3H3,(H,14,15). The second-order valence-corrected chi connectivity index (χ2v) is 3.58. The van der Waals surface area contributed by atoms with Crippen LogP contribution in [0.5, 0.6) is 0 Å². The van der Waals surface area contributed by atoms with E-state index in [9.17, 15) is 9.59 Å². The predicted molar refractivity (Wildman–Crippen MR) is 53.8 cm³/mol. The van der Waals surface area contributed by atoms with Gasteiger partial charge in [-0.15, -0.1) is 0 Å². The van der Waals surface area contributed by atoms with Crippen molar-refractivity contribution in [2.45, 2.75) is 20.3 Å². The molecule has 5 heteroatoms. The van der Waals surface area contributed by atoms with Gasteiger partial charge in [0.2, 0.25) is 5.91 Å². The summed E-state index contributed by atoms with van der Waals surface area (Å²) >= 11 is 0. The molecule has 0 saturated carbocycles. The summed E-state index contributed by atoms with van der Waals surface area (Å²) in [6.45, 7) is 3.43. The van der Waals surface area contributed by atoms with Crippen LogP contribution in [0.2, 0.25) is 0 Å². The molecule has 15 heavy (non-hydrogen) atoms. The molecule has 0 spiro atoms. The molecule has 5 nitrogen and oxygen atoms in total. The minimum Gasteiger partial charge on any atom is -0.481 e. The summed E-state index contributed by atoms with van der Waals surface area (Å²) in [5, 5.41) is 17.1. The van der Waals surface area contributed by atoms with E-state index < -0.39 is 17.8 Å². The highest BCUT2D eigenvalue weighted by Crippen LogP contribution is 2.13. The van der Waals surface area contributed by atoms with E-state index in [-0.39, 0.29) is 12.3 Å². The number of nitriles is 1. The first-order valence-corrected chi connectivity index (χ1v) is 4.76. The molecule has 1 N–H and O–H groups in total. The molecule has 0 aliphatic rings. The molecule has 0 aliphatic carbocycles. The molecular formula is C10H16N2O3. The normalized spacial score (nSPS) is 13.7. The Balaban J connectivity index is 4.32. The van der Waals surface area contributed by atoms with Crippen LogP contribution in [0.3, 0.4) is 0 Å². The molecule has 0 aliphatic heterocycles. The molecule has 2 atom stereocenters. The molecule has 0 aromatic carbocycles. The zero-order chi connectivity index (χ0) is 12.0. The van der Waals surface area contributed by atoms with E-state index in [1.807, 2.05) is 6.07 Å². The smallest absolute Gasteiger partial charge is 0.307 e. The van der Waals surface area contributed by atoms with Crippen LogP contribution in [-0.2, 0) is 9.59 Å². The molecular weight excluding hydrogens is 196 g/mol. The Morgan fingerprint density at radius 3 is 2.33 bits per heavy atom. The van der Waals surface area contributed by atoms with Gasteiger partial charge in [-0.1, -0.05) is 13.8 Å². The van der Waals surface area contributed by atoms with Gasteiger partial charge in [0.15, 0.2) is 0 Å². The third-order valence-electron chi connectivity index (χ3n) is 2.46. The molecule has 1 amide bonds. The number of aliphatic carboxylic acids is 1. The molecule has 0 aromatic rings. The van der Waals surface area contributed by atoms with E-state index in [0.717, 1.165) is 0 Å². The largest absolute Gasteiger partial charge is 0.481 e. The van der Waals surface area contributed by atoms with E-state index in [1.54, 1.807) is 14.0 Å². The third kappa shape index (κ3) is 3.98. The summed E-state index contributed by atoms with van der Waals surface area (Å²) < 4.78 is 0. The summed E-state index contributed by atoms with van der Waals surface area (Å²) in [4.78, 5) is 23.7. The molecule has 0 radical (unpaired) electrons. The highest BCUT2D eigenvalue weighted by molar-refractivity contribution is 5.84. The van der Waals surface area contributed by atoms with E-state index in [2.05, 4.69) is 0 Å². The highest BCUT2D eigenvalue weighted by atomic mass is 16.4. The first kappa shape index (κ1) is 13.4. The fourth-order valence-corrected chi connectivity index (χ4v) is 1.10. The summed E-state index contributed by atoms with van der Waals surface area (Å²) in [6, 6.07) is 1.93. The lowest BCUT2D eigenvalue weighted by Gasteiger charge is -2.22. The number of amides is 1. The van der Waals surface area contributed by atoms with Gasteiger partial charge in [0.1, 0.15) is 0 Å². The number of rotatable bonds is 5. The lowest BCUT2D eigenvalue weighted by atomic mass is 9.95. The lowest BCUT2D eigenvalue weighted by molar-refractivity contribution is -0.148. The van der Waals surface area contributed by atoms with Gasteiger partial charge in [0.25, 0.3) is 0 Å². The van der Waals surface area contributed by atoms with Crippen molar-refractivity contribution in [3.63, 3.8) is 0 Å². The second-order valence-electron chi connectivity index (χ2n) is 3.58. The van der Waals surface area contributed by atoms with Crippen LogP contribution in [0.15, 0.2) is 0 Å². The van der Waals surface area contributed by atoms with Crippen molar-refractivity contribution in [2.75, 3.05) is 13.6 Å². The van der Waals surface area contributed by atoms with Gasteiger partial charge in [0, 0.05) is 19.5 Å². The molecule has 0 saturated heterocycles. The average Bonchev–Trinajstić information content (AvgIpc) is 2.22. The molecule has 0 bridgehead atoms. The van der Waals surface area contributed by atoms with Gasteiger partial charge in [-0.2, -0.15) is 5.26 Å². The minimum atomic E-state index is -0.982. The van der Waals surface area contributed by atoms with Crippen LogP contribution in [0.25, 0.3) is 0 Å². The quantitative estimate of drug-likeness (QED) is 0.727. The van der Waals surface area contributed by atoms with Gasteiger partial charge in [-0.3, -0.25) is 9.59 Å². The van der Waals surface area contributed by atoms with E-state index in [0.29, 0.717) is 6.54 Å². The maximum absolute atomic E-state index is 11.6. The summed E-state index contributed by atoms with van der Waals surface area (Å²) in [5.74, 6) is -2.49. The molecule has 0 fully saturated rings. The Labute approximate surface area is 89.3 Å². The number of carbonyl (C=O) groups excluding carboxylic acids is 1. The van der Waals surface area contributed by atoms with Gasteiger partial charge in [-0.25, -0.2) is 0 Å². The number of hydrogen-bond donors (Lipinski definition) is 1. The maximum atomic E-state index is 11.6. The number of hydrogen-bond acceptors (Lipinski definition) is 3. The maximum Gasteiger partial charge on any atom is 0.307 e. The zero-order valence-electron chi connectivity index (χ0n) is 9.23. The van der Waals surface area contributed by atoms with Crippen LogP contribution < -0.4 is 0 Å². The lowest BCUT2D eigenvalue weighted by Crippen LogP contribution is -2.37. The fourth-order valence-electron chi connectivity index (χ4n) is 1.10. The van der Waals surface area contributed by atoms with E-state index in [1.165, 1.54) is 11.8 Å².